The van der Waals surface area contributed by atoms with Gasteiger partial charge in [0, 0.05) is 12.8 Å². The van der Waals surface area contributed by atoms with Crippen molar-refractivity contribution in [1.29, 1.82) is 0 Å². The van der Waals surface area contributed by atoms with Gasteiger partial charge in [0.25, 0.3) is 0 Å². The fraction of sp³-hybridized carbons (Fsp3) is 0.467. The maximum atomic E-state index is 5.84. The van der Waals surface area contributed by atoms with E-state index in [1.54, 1.807) is 6.21 Å². The Morgan fingerprint density at radius 2 is 2.10 bits per heavy atom. The van der Waals surface area contributed by atoms with Crippen molar-refractivity contribution < 1.29 is 9.26 Å². The Hall–Kier alpha value is -1.88. The van der Waals surface area contributed by atoms with Gasteiger partial charge in [-0.05, 0) is 31.1 Å². The molecule has 5 nitrogen and oxygen atoms in total. The van der Waals surface area contributed by atoms with E-state index < -0.39 is 0 Å². The predicted molar refractivity (Wildman–Crippen MR) is 79.1 cm³/mol. The largest absolute Gasteiger partial charge is 0.487 e. The van der Waals surface area contributed by atoms with Gasteiger partial charge in [0.2, 0.25) is 5.82 Å². The highest BCUT2D eigenvalue weighted by molar-refractivity contribution is 5.95. The molecule has 0 N–H and O–H groups in total. The molecule has 2 aromatic rings. The molecule has 0 bridgehead atoms. The molecule has 2 heterocycles. The Kier molecular flexibility index (Phi) is 3.69. The lowest BCUT2D eigenvalue weighted by atomic mass is 10.1. The van der Waals surface area contributed by atoms with E-state index in [-0.39, 0.29) is 0 Å². The molecule has 1 aliphatic heterocycles. The summed E-state index contributed by atoms with van der Waals surface area (Å²) in [5.41, 5.74) is 1.93. The van der Waals surface area contributed by atoms with Gasteiger partial charge in [0.05, 0.1) is 0 Å². The van der Waals surface area contributed by atoms with Crippen molar-refractivity contribution in [2.75, 3.05) is 26.2 Å². The summed E-state index contributed by atoms with van der Waals surface area (Å²) in [5, 5.41) is 4.89. The van der Waals surface area contributed by atoms with Gasteiger partial charge in [0.15, 0.2) is 5.58 Å². The molecule has 1 aromatic carbocycles. The smallest absolute Gasteiger partial charge is 0.206 e. The number of ether oxygens (including phenoxy) is 1. The molecule has 0 amide bonds. The summed E-state index contributed by atoms with van der Waals surface area (Å²) in [7, 11) is 0. The lowest BCUT2D eigenvalue weighted by Crippen LogP contribution is -2.25. The average molecular weight is 273 g/mol. The van der Waals surface area contributed by atoms with Crippen LogP contribution in [0.4, 0.5) is 5.82 Å². The zero-order valence-electron chi connectivity index (χ0n) is 11.9. The molecule has 1 aromatic heterocycles. The van der Waals surface area contributed by atoms with Crippen molar-refractivity contribution in [2.24, 2.45) is 4.99 Å². The fourth-order valence-corrected chi connectivity index (χ4v) is 2.55. The van der Waals surface area contributed by atoms with Gasteiger partial charge in [-0.3, -0.25) is 0 Å². The Balaban J connectivity index is 1.94. The molecule has 0 unspecified atom stereocenters. The van der Waals surface area contributed by atoms with Crippen molar-refractivity contribution in [3.63, 3.8) is 0 Å². The normalized spacial score (nSPS) is 13.8. The third-order valence-corrected chi connectivity index (χ3v) is 3.76. The van der Waals surface area contributed by atoms with Crippen LogP contribution in [0.15, 0.2) is 21.6 Å². The van der Waals surface area contributed by atoms with Crippen LogP contribution in [0.5, 0.6) is 5.75 Å². The second-order valence-corrected chi connectivity index (χ2v) is 4.83. The summed E-state index contributed by atoms with van der Waals surface area (Å²) < 4.78 is 11.1. The average Bonchev–Trinajstić information content (AvgIpc) is 2.76. The van der Waals surface area contributed by atoms with Crippen LogP contribution in [0, 0.1) is 0 Å². The van der Waals surface area contributed by atoms with E-state index in [0.717, 1.165) is 42.8 Å². The van der Waals surface area contributed by atoms with Crippen LogP contribution >= 0.6 is 0 Å². The number of benzene rings is 1. The summed E-state index contributed by atoms with van der Waals surface area (Å²) in [6.45, 7) is 8.01. The minimum Gasteiger partial charge on any atom is -0.487 e. The van der Waals surface area contributed by atoms with Crippen molar-refractivity contribution in [1.82, 2.24) is 10.1 Å². The summed E-state index contributed by atoms with van der Waals surface area (Å²) in [4.78, 5) is 6.67. The second-order valence-electron chi connectivity index (χ2n) is 4.83. The zero-order valence-corrected chi connectivity index (χ0v) is 11.9. The molecular formula is C15H19N3O2. The van der Waals surface area contributed by atoms with Crippen LogP contribution in [-0.4, -0.2) is 42.5 Å². The molecule has 1 aliphatic rings. The standard InChI is InChI=1S/C15H19N3O2/c1-3-18(4-2)9-7-11-5-6-12-13-14(11)19-10-8-16-15(13)17-20-12/h5-6,8H,3-4,7,9-10H2,1-2H3. The van der Waals surface area contributed by atoms with Gasteiger partial charge in [0.1, 0.15) is 17.7 Å². The minimum atomic E-state index is 0.480. The molecule has 20 heavy (non-hydrogen) atoms. The molecule has 3 rings (SSSR count). The number of hydrogen-bond acceptors (Lipinski definition) is 5. The van der Waals surface area contributed by atoms with E-state index in [0.29, 0.717) is 12.4 Å². The van der Waals surface area contributed by atoms with Crippen molar-refractivity contribution in [3.8, 4) is 5.75 Å². The lowest BCUT2D eigenvalue weighted by molar-refractivity contribution is 0.305. The van der Waals surface area contributed by atoms with Crippen LogP contribution in [0.3, 0.4) is 0 Å². The predicted octanol–water partition coefficient (Wildman–Crippen LogP) is 2.81. The molecule has 0 saturated heterocycles. The van der Waals surface area contributed by atoms with Crippen LogP contribution in [0.25, 0.3) is 11.0 Å². The van der Waals surface area contributed by atoms with Crippen molar-refractivity contribution in [3.05, 3.63) is 17.7 Å². The zero-order chi connectivity index (χ0) is 13.9. The summed E-state index contributed by atoms with van der Waals surface area (Å²) in [6, 6.07) is 4.03. The number of nitrogens with zero attached hydrogens (tertiary/aromatic N) is 3. The molecular weight excluding hydrogens is 254 g/mol. The molecule has 0 aliphatic carbocycles. The summed E-state index contributed by atoms with van der Waals surface area (Å²) in [5.74, 6) is 1.50. The van der Waals surface area contributed by atoms with E-state index in [2.05, 4.69) is 35.0 Å². The summed E-state index contributed by atoms with van der Waals surface area (Å²) in [6.07, 6.45) is 2.68. The van der Waals surface area contributed by atoms with E-state index in [4.69, 9.17) is 9.26 Å². The first-order chi connectivity index (χ1) is 9.83. The maximum absolute atomic E-state index is 5.84. The molecule has 0 radical (unpaired) electrons. The van der Waals surface area contributed by atoms with Crippen LogP contribution in [0.1, 0.15) is 19.4 Å². The molecule has 0 saturated carbocycles. The van der Waals surface area contributed by atoms with Gasteiger partial charge < -0.3 is 14.2 Å². The number of likely N-dealkylation sites (N-methyl/N-ethyl adjacent to an activating group) is 1. The van der Waals surface area contributed by atoms with Gasteiger partial charge in [-0.1, -0.05) is 25.1 Å². The molecule has 5 heteroatoms. The highest BCUT2D eigenvalue weighted by Gasteiger charge is 2.19. The fourth-order valence-electron chi connectivity index (χ4n) is 2.55. The van der Waals surface area contributed by atoms with Crippen LogP contribution in [-0.2, 0) is 6.42 Å². The van der Waals surface area contributed by atoms with Gasteiger partial charge in [-0.15, -0.1) is 0 Å². The van der Waals surface area contributed by atoms with E-state index in [1.165, 1.54) is 5.56 Å². The van der Waals surface area contributed by atoms with E-state index in [9.17, 15) is 0 Å². The SMILES string of the molecule is CCN(CC)CCc1ccc2onc3c2c1OCC=N3. The van der Waals surface area contributed by atoms with Crippen LogP contribution < -0.4 is 4.74 Å². The Bertz CT molecular complexity index is 629. The molecule has 0 fully saturated rings. The Morgan fingerprint density at radius 3 is 2.90 bits per heavy atom. The first kappa shape index (κ1) is 13.1. The summed E-state index contributed by atoms with van der Waals surface area (Å²) >= 11 is 0. The molecule has 106 valence electrons. The maximum Gasteiger partial charge on any atom is 0.206 e. The third-order valence-electron chi connectivity index (χ3n) is 3.76. The topological polar surface area (TPSA) is 50.9 Å². The molecule has 0 atom stereocenters. The van der Waals surface area contributed by atoms with Crippen LogP contribution in [0.2, 0.25) is 0 Å². The van der Waals surface area contributed by atoms with Gasteiger partial charge in [-0.2, -0.15) is 0 Å². The van der Waals surface area contributed by atoms with Crippen molar-refractivity contribution in [2.45, 2.75) is 20.3 Å². The molecule has 0 spiro atoms. The minimum absolute atomic E-state index is 0.480. The first-order valence-corrected chi connectivity index (χ1v) is 7.12. The first-order valence-electron chi connectivity index (χ1n) is 7.12. The third kappa shape index (κ3) is 2.29. The quantitative estimate of drug-likeness (QED) is 0.840. The highest BCUT2D eigenvalue weighted by Crippen LogP contribution is 2.37. The number of aromatic nitrogens is 1. The van der Waals surface area contributed by atoms with Gasteiger partial charge in [-0.25, -0.2) is 4.99 Å². The Morgan fingerprint density at radius 1 is 1.25 bits per heavy atom. The Labute approximate surface area is 118 Å². The number of rotatable bonds is 5. The lowest BCUT2D eigenvalue weighted by Gasteiger charge is -2.18. The second kappa shape index (κ2) is 5.63. The van der Waals surface area contributed by atoms with E-state index >= 15 is 0 Å². The monoisotopic (exact) mass is 273 g/mol. The highest BCUT2D eigenvalue weighted by atomic mass is 16.5. The van der Waals surface area contributed by atoms with E-state index in [1.807, 2.05) is 6.07 Å². The van der Waals surface area contributed by atoms with Gasteiger partial charge >= 0.3 is 0 Å². The number of hydrogen-bond donors (Lipinski definition) is 0. The number of aliphatic imine (C=N–C) groups is 1. The van der Waals surface area contributed by atoms with Crippen molar-refractivity contribution >= 4 is 23.0 Å².